The van der Waals surface area contributed by atoms with E-state index in [1.54, 1.807) is 19.2 Å². The average Bonchev–Trinajstić information content (AvgIpc) is 2.85. The minimum atomic E-state index is -0.213. The van der Waals surface area contributed by atoms with Crippen molar-refractivity contribution in [1.29, 1.82) is 0 Å². The first-order valence-corrected chi connectivity index (χ1v) is 7.46. The second-order valence-corrected chi connectivity index (χ2v) is 5.64. The summed E-state index contributed by atoms with van der Waals surface area (Å²) in [6.45, 7) is 4.19. The van der Waals surface area contributed by atoms with Gasteiger partial charge in [0.1, 0.15) is 5.82 Å². The summed E-state index contributed by atoms with van der Waals surface area (Å²) in [5, 5.41) is 3.84. The molecule has 1 aromatic rings. The summed E-state index contributed by atoms with van der Waals surface area (Å²) in [5.74, 6) is -0.213. The number of rotatable bonds is 7. The highest BCUT2D eigenvalue weighted by molar-refractivity contribution is 6.30. The smallest absolute Gasteiger partial charge is 0.129 e. The first-order chi connectivity index (χ1) is 9.70. The van der Waals surface area contributed by atoms with E-state index in [0.29, 0.717) is 17.6 Å². The van der Waals surface area contributed by atoms with E-state index in [-0.39, 0.29) is 5.82 Å². The second kappa shape index (κ2) is 7.93. The molecule has 0 bridgehead atoms. The van der Waals surface area contributed by atoms with Crippen LogP contribution >= 0.6 is 11.6 Å². The normalized spacial score (nSPS) is 19.6. The van der Waals surface area contributed by atoms with Crippen LogP contribution in [0, 0.1) is 5.82 Å². The van der Waals surface area contributed by atoms with Crippen molar-refractivity contribution in [1.82, 2.24) is 10.2 Å². The zero-order valence-electron chi connectivity index (χ0n) is 11.9. The molecule has 1 fully saturated rings. The lowest BCUT2D eigenvalue weighted by Crippen LogP contribution is -2.38. The van der Waals surface area contributed by atoms with Crippen LogP contribution in [0.5, 0.6) is 0 Å². The number of likely N-dealkylation sites (tertiary alicyclic amines) is 1. The van der Waals surface area contributed by atoms with Gasteiger partial charge in [0, 0.05) is 43.4 Å². The molecular weight excluding hydrogens is 279 g/mol. The molecule has 1 aliphatic rings. The first kappa shape index (κ1) is 15.7. The highest BCUT2D eigenvalue weighted by Crippen LogP contribution is 2.22. The zero-order chi connectivity index (χ0) is 14.4. The van der Waals surface area contributed by atoms with Crippen molar-refractivity contribution in [3.05, 3.63) is 34.6 Å². The Kier molecular flexibility index (Phi) is 6.23. The van der Waals surface area contributed by atoms with Crippen molar-refractivity contribution in [2.45, 2.75) is 25.4 Å². The Balaban J connectivity index is 1.87. The summed E-state index contributed by atoms with van der Waals surface area (Å²) in [5.41, 5.74) is 0.721. The van der Waals surface area contributed by atoms with Crippen molar-refractivity contribution >= 4 is 11.6 Å². The highest BCUT2D eigenvalue weighted by atomic mass is 35.5. The minimum Gasteiger partial charge on any atom is -0.383 e. The van der Waals surface area contributed by atoms with Gasteiger partial charge >= 0.3 is 0 Å². The predicted molar refractivity (Wildman–Crippen MR) is 79.6 cm³/mol. The maximum absolute atomic E-state index is 13.8. The third-order valence-corrected chi connectivity index (χ3v) is 3.99. The molecule has 20 heavy (non-hydrogen) atoms. The fourth-order valence-electron chi connectivity index (χ4n) is 2.65. The summed E-state index contributed by atoms with van der Waals surface area (Å²) in [4.78, 5) is 2.34. The van der Waals surface area contributed by atoms with E-state index in [0.717, 1.165) is 38.2 Å². The monoisotopic (exact) mass is 300 g/mol. The van der Waals surface area contributed by atoms with Crippen LogP contribution in [0.4, 0.5) is 4.39 Å². The molecule has 0 aliphatic carbocycles. The summed E-state index contributed by atoms with van der Waals surface area (Å²) in [6.07, 6.45) is 2.33. The Morgan fingerprint density at radius 2 is 2.35 bits per heavy atom. The van der Waals surface area contributed by atoms with Crippen molar-refractivity contribution in [2.24, 2.45) is 0 Å². The molecule has 0 radical (unpaired) electrons. The van der Waals surface area contributed by atoms with Gasteiger partial charge in [0.05, 0.1) is 6.61 Å². The van der Waals surface area contributed by atoms with E-state index in [9.17, 15) is 4.39 Å². The van der Waals surface area contributed by atoms with Gasteiger partial charge in [0.2, 0.25) is 0 Å². The van der Waals surface area contributed by atoms with Crippen LogP contribution in [-0.4, -0.2) is 44.3 Å². The topological polar surface area (TPSA) is 24.5 Å². The molecule has 3 nitrogen and oxygen atoms in total. The molecule has 0 aromatic heterocycles. The van der Waals surface area contributed by atoms with Gasteiger partial charge in [-0.25, -0.2) is 4.39 Å². The molecule has 112 valence electrons. The number of hydrogen-bond acceptors (Lipinski definition) is 3. The van der Waals surface area contributed by atoms with Crippen molar-refractivity contribution in [3.63, 3.8) is 0 Å². The molecule has 1 N–H and O–H groups in total. The van der Waals surface area contributed by atoms with Crippen LogP contribution in [-0.2, 0) is 11.3 Å². The molecule has 1 heterocycles. The van der Waals surface area contributed by atoms with Gasteiger partial charge in [-0.3, -0.25) is 4.90 Å². The molecule has 1 unspecified atom stereocenters. The van der Waals surface area contributed by atoms with Gasteiger partial charge in [-0.05, 0) is 31.5 Å². The fourth-order valence-corrected chi connectivity index (χ4v) is 2.80. The van der Waals surface area contributed by atoms with E-state index in [4.69, 9.17) is 16.3 Å². The lowest BCUT2D eigenvalue weighted by atomic mass is 10.1. The lowest BCUT2D eigenvalue weighted by Gasteiger charge is -2.25. The molecule has 1 aromatic carbocycles. The number of halogens is 2. The molecule has 1 aliphatic heterocycles. The van der Waals surface area contributed by atoms with Gasteiger partial charge in [-0.1, -0.05) is 17.7 Å². The number of nitrogens with zero attached hydrogens (tertiary/aromatic N) is 1. The summed E-state index contributed by atoms with van der Waals surface area (Å²) >= 11 is 5.79. The van der Waals surface area contributed by atoms with Crippen LogP contribution in [0.3, 0.4) is 0 Å². The van der Waals surface area contributed by atoms with Gasteiger partial charge in [-0.2, -0.15) is 0 Å². The van der Waals surface area contributed by atoms with Gasteiger partial charge in [0.25, 0.3) is 0 Å². The Morgan fingerprint density at radius 3 is 3.10 bits per heavy atom. The molecular formula is C15H22ClFN2O. The van der Waals surface area contributed by atoms with Crippen molar-refractivity contribution < 1.29 is 9.13 Å². The zero-order valence-corrected chi connectivity index (χ0v) is 12.6. The fraction of sp³-hybridized carbons (Fsp3) is 0.600. The van der Waals surface area contributed by atoms with E-state index in [1.807, 2.05) is 0 Å². The Hall–Kier alpha value is -0.680. The number of hydrogen-bond donors (Lipinski definition) is 1. The van der Waals surface area contributed by atoms with Crippen molar-refractivity contribution in [3.8, 4) is 0 Å². The number of nitrogens with one attached hydrogen (secondary N) is 1. The number of ether oxygens (including phenoxy) is 1. The van der Waals surface area contributed by atoms with Crippen LogP contribution in [0.2, 0.25) is 5.02 Å². The van der Waals surface area contributed by atoms with Crippen LogP contribution in [0.1, 0.15) is 18.4 Å². The van der Waals surface area contributed by atoms with E-state index in [2.05, 4.69) is 10.2 Å². The van der Waals surface area contributed by atoms with Gasteiger partial charge in [0.15, 0.2) is 0 Å². The Labute approximate surface area is 125 Å². The van der Waals surface area contributed by atoms with Gasteiger partial charge < -0.3 is 10.1 Å². The molecule has 0 saturated carbocycles. The average molecular weight is 301 g/mol. The molecule has 2 rings (SSSR count). The van der Waals surface area contributed by atoms with E-state index in [1.165, 1.54) is 12.5 Å². The third kappa shape index (κ3) is 4.42. The summed E-state index contributed by atoms with van der Waals surface area (Å²) in [7, 11) is 1.70. The van der Waals surface area contributed by atoms with Crippen LogP contribution < -0.4 is 5.32 Å². The Bertz CT molecular complexity index is 430. The quantitative estimate of drug-likeness (QED) is 0.784. The number of benzene rings is 1. The minimum absolute atomic E-state index is 0.213. The predicted octanol–water partition coefficient (Wildman–Crippen LogP) is 2.68. The van der Waals surface area contributed by atoms with Crippen molar-refractivity contribution in [2.75, 3.05) is 33.4 Å². The maximum Gasteiger partial charge on any atom is 0.129 e. The van der Waals surface area contributed by atoms with E-state index < -0.39 is 0 Å². The number of methoxy groups -OCH3 is 1. The molecule has 1 saturated heterocycles. The first-order valence-electron chi connectivity index (χ1n) is 7.08. The van der Waals surface area contributed by atoms with Crippen LogP contribution in [0.25, 0.3) is 0 Å². The SMILES string of the molecule is COCCNCC1CCCN1Cc1ccc(Cl)cc1F. The second-order valence-electron chi connectivity index (χ2n) is 5.20. The highest BCUT2D eigenvalue weighted by Gasteiger charge is 2.24. The van der Waals surface area contributed by atoms with Crippen LogP contribution in [0.15, 0.2) is 18.2 Å². The lowest BCUT2D eigenvalue weighted by molar-refractivity contribution is 0.190. The molecule has 1 atom stereocenters. The molecule has 0 spiro atoms. The van der Waals surface area contributed by atoms with Gasteiger partial charge in [-0.15, -0.1) is 0 Å². The maximum atomic E-state index is 13.8. The third-order valence-electron chi connectivity index (χ3n) is 3.75. The van der Waals surface area contributed by atoms with E-state index >= 15 is 0 Å². The largest absolute Gasteiger partial charge is 0.383 e. The summed E-state index contributed by atoms with van der Waals surface area (Å²) in [6, 6.07) is 5.40. The standard InChI is InChI=1S/C15H22ClFN2O/c1-20-8-6-18-10-14-3-2-7-19(14)11-12-4-5-13(16)9-15(12)17/h4-5,9,14,18H,2-3,6-8,10-11H2,1H3. The molecule has 0 amide bonds. The molecule has 5 heteroatoms. The summed E-state index contributed by atoms with van der Waals surface area (Å²) < 4.78 is 18.9. The Morgan fingerprint density at radius 1 is 1.50 bits per heavy atom.